The Bertz CT molecular complexity index is 1470. The molecule has 3 aromatic carbocycles. The Morgan fingerprint density at radius 1 is 0.833 bits per heavy atom. The van der Waals surface area contributed by atoms with Crippen molar-refractivity contribution in [3.05, 3.63) is 82.4 Å². The van der Waals surface area contributed by atoms with Gasteiger partial charge in [0.2, 0.25) is 0 Å². The second-order valence-corrected chi connectivity index (χ2v) is 10.1. The van der Waals surface area contributed by atoms with E-state index in [1.807, 2.05) is 88.2 Å². The molecule has 0 aromatic heterocycles. The van der Waals surface area contributed by atoms with Gasteiger partial charge < -0.3 is 24.1 Å². The lowest BCUT2D eigenvalue weighted by molar-refractivity contribution is -0.172. The predicted octanol–water partition coefficient (Wildman–Crippen LogP) is 4.94. The van der Waals surface area contributed by atoms with Crippen LogP contribution in [-0.2, 0) is 29.6 Å². The molecule has 10 heteroatoms. The summed E-state index contributed by atoms with van der Waals surface area (Å²) in [5.41, 5.74) is 2.97. The number of hydrogen-bond acceptors (Lipinski definition) is 9. The Labute approximate surface area is 245 Å². The number of anilines is 2. The Hall–Kier alpha value is -4.86. The largest absolute Gasteiger partial charge is 0.456 e. The van der Waals surface area contributed by atoms with Crippen LogP contribution >= 0.6 is 0 Å². The van der Waals surface area contributed by atoms with E-state index in [-0.39, 0.29) is 18.4 Å². The van der Waals surface area contributed by atoms with E-state index >= 15 is 0 Å². The quantitative estimate of drug-likeness (QED) is 0.287. The van der Waals surface area contributed by atoms with Crippen LogP contribution in [0.2, 0.25) is 0 Å². The van der Waals surface area contributed by atoms with Gasteiger partial charge in [0.1, 0.15) is 11.5 Å². The summed E-state index contributed by atoms with van der Waals surface area (Å²) in [5.74, 6) is -0.928. The molecule has 0 aliphatic carbocycles. The van der Waals surface area contributed by atoms with E-state index in [9.17, 15) is 19.2 Å². The van der Waals surface area contributed by atoms with Crippen molar-refractivity contribution in [2.24, 2.45) is 0 Å². The standard InChI is InChI=1S/C30H29N3O7.C2H6/c1-18-14-19(29(37)40-33-27(35)12-13-28(33)36)6-9-22(18)30(38-17-34)23-10-7-20(31(2)3)15-25(23)39-26-16-21(32(4)5)8-11-24(26)30;1-2/h6-11,14-17H,12-13H2,1-5H3;1-2H3. The van der Waals surface area contributed by atoms with E-state index < -0.39 is 23.4 Å². The highest BCUT2D eigenvalue weighted by molar-refractivity contribution is 6.02. The molecule has 2 aliphatic heterocycles. The second-order valence-electron chi connectivity index (χ2n) is 10.1. The summed E-state index contributed by atoms with van der Waals surface area (Å²) in [6.07, 6.45) is 0.00317. The first kappa shape index (κ1) is 30.1. The van der Waals surface area contributed by atoms with Gasteiger partial charge in [-0.2, -0.15) is 0 Å². The number of ether oxygens (including phenoxy) is 2. The molecule has 0 saturated carbocycles. The number of rotatable bonds is 7. The number of benzene rings is 3. The lowest BCUT2D eigenvalue weighted by atomic mass is 9.75. The number of imide groups is 1. The van der Waals surface area contributed by atoms with E-state index in [4.69, 9.17) is 14.3 Å². The van der Waals surface area contributed by atoms with Crippen LogP contribution in [0.5, 0.6) is 11.5 Å². The summed E-state index contributed by atoms with van der Waals surface area (Å²) in [5, 5.41) is 0.512. The molecule has 220 valence electrons. The molecular weight excluding hydrogens is 538 g/mol. The molecule has 2 amide bonds. The maximum absolute atomic E-state index is 12.9. The lowest BCUT2D eigenvalue weighted by Gasteiger charge is -2.40. The SMILES string of the molecule is CC.Cc1cc(C(=O)ON2C(=O)CCC2=O)ccc1C1(OC=O)c2ccc(N(C)C)cc2Oc2cc(N(C)C)ccc21. The fourth-order valence-corrected chi connectivity index (χ4v) is 5.12. The first-order valence-corrected chi connectivity index (χ1v) is 13.7. The van der Waals surface area contributed by atoms with Crippen molar-refractivity contribution >= 4 is 35.6 Å². The van der Waals surface area contributed by atoms with E-state index in [0.717, 1.165) is 11.4 Å². The normalized spacial score (nSPS) is 14.5. The van der Waals surface area contributed by atoms with Crippen molar-refractivity contribution in [2.45, 2.75) is 39.2 Å². The number of amides is 2. The fourth-order valence-electron chi connectivity index (χ4n) is 5.12. The maximum atomic E-state index is 12.9. The third-order valence-electron chi connectivity index (χ3n) is 7.19. The average Bonchev–Trinajstić information content (AvgIpc) is 3.29. The van der Waals surface area contributed by atoms with Gasteiger partial charge in [0.25, 0.3) is 18.3 Å². The van der Waals surface area contributed by atoms with E-state index in [2.05, 4.69) is 0 Å². The zero-order chi connectivity index (χ0) is 30.8. The Morgan fingerprint density at radius 3 is 1.79 bits per heavy atom. The Kier molecular flexibility index (Phi) is 8.56. The van der Waals surface area contributed by atoms with E-state index in [1.165, 1.54) is 6.07 Å². The highest BCUT2D eigenvalue weighted by Gasteiger charge is 2.47. The first-order valence-electron chi connectivity index (χ1n) is 13.7. The smallest absolute Gasteiger partial charge is 0.363 e. The number of nitrogens with zero attached hydrogens (tertiary/aromatic N) is 3. The number of carbonyl (C=O) groups is 4. The summed E-state index contributed by atoms with van der Waals surface area (Å²) >= 11 is 0. The topological polar surface area (TPSA) is 106 Å². The van der Waals surface area contributed by atoms with Gasteiger partial charge >= 0.3 is 5.97 Å². The lowest BCUT2D eigenvalue weighted by Crippen LogP contribution is -2.36. The summed E-state index contributed by atoms with van der Waals surface area (Å²) in [6.45, 7) is 6.19. The highest BCUT2D eigenvalue weighted by atomic mass is 16.7. The highest BCUT2D eigenvalue weighted by Crippen LogP contribution is 2.54. The fraction of sp³-hybridized carbons (Fsp3) is 0.312. The molecule has 1 fully saturated rings. The van der Waals surface area contributed by atoms with Gasteiger partial charge in [0, 0.05) is 81.2 Å². The Balaban J connectivity index is 0.00000198. The van der Waals surface area contributed by atoms with E-state index in [1.54, 1.807) is 19.1 Å². The van der Waals surface area contributed by atoms with Crippen molar-refractivity contribution in [2.75, 3.05) is 38.0 Å². The number of aryl methyl sites for hydroxylation is 1. The molecule has 2 heterocycles. The molecule has 10 nitrogen and oxygen atoms in total. The molecule has 3 aromatic rings. The van der Waals surface area contributed by atoms with Gasteiger partial charge in [-0.15, -0.1) is 5.06 Å². The number of carbonyl (C=O) groups excluding carboxylic acids is 4. The van der Waals surface area contributed by atoms with E-state index in [0.29, 0.717) is 45.3 Å². The first-order chi connectivity index (χ1) is 20.1. The van der Waals surface area contributed by atoms with Crippen LogP contribution in [0.3, 0.4) is 0 Å². The molecule has 0 N–H and O–H groups in total. The maximum Gasteiger partial charge on any atom is 0.363 e. The molecular formula is C32H35N3O7. The molecule has 0 unspecified atom stereocenters. The molecule has 0 spiro atoms. The van der Waals surface area contributed by atoms with Crippen LogP contribution in [0.1, 0.15) is 59.3 Å². The van der Waals surface area contributed by atoms with Crippen LogP contribution < -0.4 is 14.5 Å². The minimum absolute atomic E-state index is 0.00158. The van der Waals surface area contributed by atoms with Crippen molar-refractivity contribution in [1.29, 1.82) is 0 Å². The molecule has 0 bridgehead atoms. The van der Waals surface area contributed by atoms with Gasteiger partial charge in [-0.05, 0) is 48.9 Å². The monoisotopic (exact) mass is 573 g/mol. The van der Waals surface area contributed by atoms with Crippen LogP contribution in [-0.4, -0.2) is 57.5 Å². The molecule has 42 heavy (non-hydrogen) atoms. The zero-order valence-corrected chi connectivity index (χ0v) is 24.9. The van der Waals surface area contributed by atoms with Crippen LogP contribution in [0.4, 0.5) is 11.4 Å². The molecule has 2 aliphatic rings. The summed E-state index contributed by atoms with van der Waals surface area (Å²) in [6, 6.07) is 16.1. The second kappa shape index (κ2) is 11.9. The van der Waals surface area contributed by atoms with Crippen LogP contribution in [0.25, 0.3) is 0 Å². The van der Waals surface area contributed by atoms with Gasteiger partial charge in [-0.1, -0.05) is 19.9 Å². The predicted molar refractivity (Wildman–Crippen MR) is 158 cm³/mol. The molecule has 0 radical (unpaired) electrons. The van der Waals surface area contributed by atoms with Gasteiger partial charge in [0.05, 0.1) is 5.56 Å². The average molecular weight is 574 g/mol. The summed E-state index contributed by atoms with van der Waals surface area (Å²) in [4.78, 5) is 57.8. The van der Waals surface area contributed by atoms with Crippen molar-refractivity contribution in [1.82, 2.24) is 5.06 Å². The van der Waals surface area contributed by atoms with Gasteiger partial charge in [0.15, 0.2) is 5.60 Å². The Morgan fingerprint density at radius 2 is 1.33 bits per heavy atom. The number of hydrogen-bond donors (Lipinski definition) is 0. The number of fused-ring (bicyclic) bond motifs is 2. The number of hydroxylamine groups is 2. The van der Waals surface area contributed by atoms with Gasteiger partial charge in [-0.25, -0.2) is 4.79 Å². The minimum Gasteiger partial charge on any atom is -0.456 e. The summed E-state index contributed by atoms with van der Waals surface area (Å²) < 4.78 is 12.4. The van der Waals surface area contributed by atoms with Gasteiger partial charge in [-0.3, -0.25) is 14.4 Å². The summed E-state index contributed by atoms with van der Waals surface area (Å²) in [7, 11) is 7.68. The zero-order valence-electron chi connectivity index (χ0n) is 24.9. The van der Waals surface area contributed by atoms with Crippen LogP contribution in [0.15, 0.2) is 54.6 Å². The third-order valence-corrected chi connectivity index (χ3v) is 7.19. The molecule has 1 saturated heterocycles. The van der Waals surface area contributed by atoms with Crippen molar-refractivity contribution in [3.63, 3.8) is 0 Å². The van der Waals surface area contributed by atoms with Crippen molar-refractivity contribution < 1.29 is 33.5 Å². The molecule has 0 atom stereocenters. The molecule has 5 rings (SSSR count). The minimum atomic E-state index is -1.40. The van der Waals surface area contributed by atoms with Crippen molar-refractivity contribution in [3.8, 4) is 11.5 Å². The third kappa shape index (κ3) is 5.15. The van der Waals surface area contributed by atoms with Crippen LogP contribution in [0, 0.1) is 6.92 Å².